The second-order valence-electron chi connectivity index (χ2n) is 7.20. The summed E-state index contributed by atoms with van der Waals surface area (Å²) in [4.78, 5) is 0. The van der Waals surface area contributed by atoms with Gasteiger partial charge in [-0.25, -0.2) is 4.57 Å². The summed E-state index contributed by atoms with van der Waals surface area (Å²) in [6.07, 6.45) is 2.21. The molecule has 5 rings (SSSR count). The van der Waals surface area contributed by atoms with Crippen LogP contribution in [0.15, 0.2) is 54.7 Å². The van der Waals surface area contributed by atoms with Gasteiger partial charge in [-0.15, -0.1) is 0 Å². The Labute approximate surface area is 149 Å². The monoisotopic (exact) mass is 342 g/mol. The van der Waals surface area contributed by atoms with Gasteiger partial charge in [-0.3, -0.25) is 0 Å². The molecule has 2 heteroatoms. The standard InChI is InChI=1S/C23H21NP/c1-14-11-17-9-10-24(3)23-21-15(2)18-8-6-5-7-16(18)13-20(21)25(4)19(12-14)22(17)23/h5-13H,1-4H3/q+1. The van der Waals surface area contributed by atoms with Crippen LogP contribution < -0.4 is 15.2 Å². The molecule has 0 spiro atoms. The van der Waals surface area contributed by atoms with Gasteiger partial charge in [0.25, 0.3) is 0 Å². The van der Waals surface area contributed by atoms with Gasteiger partial charge in [-0.05, 0) is 72.4 Å². The largest absolute Gasteiger partial charge is 0.221 e. The molecule has 1 unspecified atom stereocenters. The molecule has 0 radical (unpaired) electrons. The van der Waals surface area contributed by atoms with Crippen LogP contribution in [0.2, 0.25) is 0 Å². The van der Waals surface area contributed by atoms with Crippen LogP contribution in [0.25, 0.3) is 32.8 Å². The molecule has 0 bridgehead atoms. The molecule has 3 aromatic carbocycles. The number of pyridine rings is 1. The highest BCUT2D eigenvalue weighted by molar-refractivity contribution is 7.73. The fourth-order valence-corrected chi connectivity index (χ4v) is 6.57. The Morgan fingerprint density at radius 3 is 2.52 bits per heavy atom. The number of hydrogen-bond donors (Lipinski definition) is 0. The van der Waals surface area contributed by atoms with E-state index in [4.69, 9.17) is 0 Å². The molecule has 1 nitrogen and oxygen atoms in total. The maximum absolute atomic E-state index is 2.44. The minimum absolute atomic E-state index is 0.344. The Hall–Kier alpha value is -2.24. The van der Waals surface area contributed by atoms with Crippen molar-refractivity contribution in [1.82, 2.24) is 0 Å². The van der Waals surface area contributed by atoms with Crippen molar-refractivity contribution in [2.75, 3.05) is 6.66 Å². The summed E-state index contributed by atoms with van der Waals surface area (Å²) in [6, 6.07) is 18.2. The smallest absolute Gasteiger partial charge is 0.200 e. The molecule has 1 aliphatic heterocycles. The van der Waals surface area contributed by atoms with Crippen molar-refractivity contribution in [3.05, 3.63) is 65.9 Å². The third kappa shape index (κ3) is 1.96. The highest BCUT2D eigenvalue weighted by Gasteiger charge is 2.32. The van der Waals surface area contributed by atoms with Gasteiger partial charge in [-0.1, -0.05) is 36.4 Å². The van der Waals surface area contributed by atoms with Crippen molar-refractivity contribution >= 4 is 40.1 Å². The van der Waals surface area contributed by atoms with E-state index in [1.807, 2.05) is 0 Å². The number of fused-ring (bicyclic) bond motifs is 3. The minimum atomic E-state index is -0.344. The first kappa shape index (κ1) is 15.0. The summed E-state index contributed by atoms with van der Waals surface area (Å²) >= 11 is 0. The highest BCUT2D eigenvalue weighted by Crippen LogP contribution is 2.45. The van der Waals surface area contributed by atoms with Crippen LogP contribution in [0.3, 0.4) is 0 Å². The van der Waals surface area contributed by atoms with Gasteiger partial charge < -0.3 is 0 Å². The van der Waals surface area contributed by atoms with E-state index in [2.05, 4.69) is 86.9 Å². The molecule has 0 N–H and O–H groups in total. The predicted molar refractivity (Wildman–Crippen MR) is 110 cm³/mol. The number of nitrogens with zero attached hydrogens (tertiary/aromatic N) is 1. The van der Waals surface area contributed by atoms with Crippen molar-refractivity contribution in [2.45, 2.75) is 13.8 Å². The SMILES string of the molecule is Cc1cc2c3c([n+](C)ccc3c1)-c1c(cc3ccccc3c1C)P2C. The first-order valence-electron chi connectivity index (χ1n) is 8.75. The second-order valence-corrected chi connectivity index (χ2v) is 9.28. The van der Waals surface area contributed by atoms with Gasteiger partial charge in [0.1, 0.15) is 7.05 Å². The number of rotatable bonds is 0. The molecule has 4 aromatic rings. The second kappa shape index (κ2) is 5.13. The Morgan fingerprint density at radius 1 is 0.880 bits per heavy atom. The fraction of sp³-hybridized carbons (Fsp3) is 0.174. The lowest BCUT2D eigenvalue weighted by Crippen LogP contribution is -2.36. The van der Waals surface area contributed by atoms with E-state index in [1.54, 1.807) is 0 Å². The molecule has 0 amide bonds. The third-order valence-electron chi connectivity index (χ3n) is 5.61. The molecule has 25 heavy (non-hydrogen) atoms. The lowest BCUT2D eigenvalue weighted by molar-refractivity contribution is -0.659. The van der Waals surface area contributed by atoms with E-state index in [-0.39, 0.29) is 7.92 Å². The lowest BCUT2D eigenvalue weighted by atomic mass is 9.94. The molecular weight excluding hydrogens is 321 g/mol. The molecule has 0 fully saturated rings. The maximum atomic E-state index is 2.44. The molecule has 0 saturated heterocycles. The molecule has 1 atom stereocenters. The van der Waals surface area contributed by atoms with Crippen LogP contribution in [-0.4, -0.2) is 6.66 Å². The highest BCUT2D eigenvalue weighted by atomic mass is 31.1. The average molecular weight is 342 g/mol. The zero-order valence-corrected chi connectivity index (χ0v) is 16.0. The van der Waals surface area contributed by atoms with E-state index in [0.717, 1.165) is 0 Å². The summed E-state index contributed by atoms with van der Waals surface area (Å²) in [5.74, 6) is 0. The number of aromatic nitrogens is 1. The summed E-state index contributed by atoms with van der Waals surface area (Å²) in [6.45, 7) is 6.93. The summed E-state index contributed by atoms with van der Waals surface area (Å²) < 4.78 is 2.31. The van der Waals surface area contributed by atoms with Crippen LogP contribution in [0.4, 0.5) is 0 Å². The van der Waals surface area contributed by atoms with Crippen LogP contribution in [0, 0.1) is 13.8 Å². The first-order valence-corrected chi connectivity index (χ1v) is 10.5. The van der Waals surface area contributed by atoms with Crippen molar-refractivity contribution in [3.63, 3.8) is 0 Å². The normalized spacial score (nSPS) is 15.6. The minimum Gasteiger partial charge on any atom is -0.200 e. The number of benzene rings is 3. The molecule has 1 aliphatic rings. The van der Waals surface area contributed by atoms with E-state index in [9.17, 15) is 0 Å². The fourth-order valence-electron chi connectivity index (χ4n) is 4.40. The van der Waals surface area contributed by atoms with E-state index >= 15 is 0 Å². The van der Waals surface area contributed by atoms with Crippen molar-refractivity contribution in [3.8, 4) is 11.3 Å². The van der Waals surface area contributed by atoms with Gasteiger partial charge in [0.05, 0.1) is 10.9 Å². The van der Waals surface area contributed by atoms with Gasteiger partial charge in [0, 0.05) is 6.07 Å². The van der Waals surface area contributed by atoms with Crippen LogP contribution in [-0.2, 0) is 7.05 Å². The molecule has 122 valence electrons. The van der Waals surface area contributed by atoms with Crippen molar-refractivity contribution < 1.29 is 4.57 Å². The average Bonchev–Trinajstić information content (AvgIpc) is 2.61. The van der Waals surface area contributed by atoms with Gasteiger partial charge in [-0.2, -0.15) is 0 Å². The van der Waals surface area contributed by atoms with Gasteiger partial charge in [0.15, 0.2) is 6.20 Å². The Morgan fingerprint density at radius 2 is 1.68 bits per heavy atom. The third-order valence-corrected chi connectivity index (χ3v) is 7.76. The predicted octanol–water partition coefficient (Wildman–Crippen LogP) is 4.48. The summed E-state index contributed by atoms with van der Waals surface area (Å²) in [5.41, 5.74) is 5.61. The summed E-state index contributed by atoms with van der Waals surface area (Å²) in [5, 5.41) is 8.60. The topological polar surface area (TPSA) is 3.88 Å². The van der Waals surface area contributed by atoms with Gasteiger partial charge >= 0.3 is 0 Å². The number of hydrogen-bond acceptors (Lipinski definition) is 0. The van der Waals surface area contributed by atoms with E-state index in [0.29, 0.717) is 0 Å². The quantitative estimate of drug-likeness (QED) is 0.328. The van der Waals surface area contributed by atoms with Crippen LogP contribution >= 0.6 is 7.92 Å². The zero-order valence-electron chi connectivity index (χ0n) is 15.1. The lowest BCUT2D eigenvalue weighted by Gasteiger charge is -2.27. The van der Waals surface area contributed by atoms with Crippen molar-refractivity contribution in [2.24, 2.45) is 7.05 Å². The Kier molecular flexibility index (Phi) is 3.09. The summed E-state index contributed by atoms with van der Waals surface area (Å²) in [7, 11) is 1.84. The molecule has 0 saturated carbocycles. The van der Waals surface area contributed by atoms with Crippen LogP contribution in [0.1, 0.15) is 11.1 Å². The molecule has 1 aromatic heterocycles. The Balaban J connectivity index is 2.05. The molecular formula is C23H21NP+. The first-order chi connectivity index (χ1) is 12.1. The molecule has 0 aliphatic carbocycles. The van der Waals surface area contributed by atoms with Crippen LogP contribution in [0.5, 0.6) is 0 Å². The number of aryl methyl sites for hydroxylation is 3. The van der Waals surface area contributed by atoms with Crippen molar-refractivity contribution in [1.29, 1.82) is 0 Å². The zero-order chi connectivity index (χ0) is 17.3. The van der Waals surface area contributed by atoms with E-state index < -0.39 is 0 Å². The Bertz CT molecular complexity index is 1190. The van der Waals surface area contributed by atoms with Gasteiger partial charge in [0.2, 0.25) is 5.69 Å². The molecule has 2 heterocycles. The maximum Gasteiger partial charge on any atom is 0.221 e. The van der Waals surface area contributed by atoms with E-state index in [1.165, 1.54) is 54.5 Å².